The monoisotopic (exact) mass is 432 g/mol. The number of fused-ring (bicyclic) bond motifs is 3. The highest BCUT2D eigenvalue weighted by Crippen LogP contribution is 2.47. The number of carbonyl (C=O) groups is 2. The van der Waals surface area contributed by atoms with E-state index in [9.17, 15) is 14.9 Å². The lowest BCUT2D eigenvalue weighted by molar-refractivity contribution is -0.145. The van der Waals surface area contributed by atoms with Crippen LogP contribution in [0, 0.1) is 11.3 Å². The van der Waals surface area contributed by atoms with Gasteiger partial charge in [-0.05, 0) is 35.6 Å². The number of hydrogen-bond donors (Lipinski definition) is 0. The summed E-state index contributed by atoms with van der Waals surface area (Å²) in [6, 6.07) is 17.8. The van der Waals surface area contributed by atoms with E-state index in [1.54, 1.807) is 6.92 Å². The van der Waals surface area contributed by atoms with Crippen molar-refractivity contribution in [2.45, 2.75) is 57.0 Å². The van der Waals surface area contributed by atoms with E-state index in [-0.39, 0.29) is 19.1 Å². The second-order valence-corrected chi connectivity index (χ2v) is 8.28. The van der Waals surface area contributed by atoms with Crippen molar-refractivity contribution in [1.82, 2.24) is 4.90 Å². The number of rotatable bonds is 8. The minimum atomic E-state index is -1.58. The molecule has 0 spiro atoms. The molecular weight excluding hydrogens is 404 g/mol. The number of amides is 1. The van der Waals surface area contributed by atoms with Crippen LogP contribution >= 0.6 is 0 Å². The van der Waals surface area contributed by atoms with Gasteiger partial charge in [0.05, 0.1) is 12.6 Å². The molecule has 2 aliphatic rings. The average Bonchev–Trinajstić information content (AvgIpc) is 3.37. The Hall–Kier alpha value is -3.33. The van der Waals surface area contributed by atoms with Crippen LogP contribution in [0.4, 0.5) is 4.79 Å². The molecule has 1 aliphatic carbocycles. The topological polar surface area (TPSA) is 79.4 Å². The molecule has 0 unspecified atom stereocenters. The van der Waals surface area contributed by atoms with Crippen molar-refractivity contribution in [3.05, 3.63) is 59.7 Å². The van der Waals surface area contributed by atoms with Gasteiger partial charge in [0.1, 0.15) is 12.7 Å². The fourth-order valence-electron chi connectivity index (χ4n) is 4.86. The van der Waals surface area contributed by atoms with E-state index in [2.05, 4.69) is 37.3 Å². The molecule has 4 rings (SSSR count). The SMILES string of the molecule is CCCCC[C@H]1N(C(=O)OCC2c3ccccc3-c3ccccc32)[C@]1(C#N)C(=O)OCC. The summed E-state index contributed by atoms with van der Waals surface area (Å²) >= 11 is 0. The first kappa shape index (κ1) is 21.9. The molecule has 1 aliphatic heterocycles. The van der Waals surface area contributed by atoms with E-state index in [4.69, 9.17) is 9.47 Å². The molecular formula is C26H28N2O4. The maximum Gasteiger partial charge on any atom is 0.412 e. The van der Waals surface area contributed by atoms with Gasteiger partial charge in [0, 0.05) is 5.92 Å². The fourth-order valence-corrected chi connectivity index (χ4v) is 4.86. The summed E-state index contributed by atoms with van der Waals surface area (Å²) in [6.07, 6.45) is 2.75. The van der Waals surface area contributed by atoms with Gasteiger partial charge in [-0.1, -0.05) is 74.7 Å². The molecule has 0 N–H and O–H groups in total. The summed E-state index contributed by atoms with van der Waals surface area (Å²) < 4.78 is 10.9. The van der Waals surface area contributed by atoms with Crippen molar-refractivity contribution >= 4 is 12.1 Å². The normalized spacial score (nSPS) is 20.8. The summed E-state index contributed by atoms with van der Waals surface area (Å²) in [5.41, 5.74) is 2.94. The number of esters is 1. The van der Waals surface area contributed by atoms with Crippen LogP contribution in [0.2, 0.25) is 0 Å². The third-order valence-corrected chi connectivity index (χ3v) is 6.48. The second-order valence-electron chi connectivity index (χ2n) is 8.28. The lowest BCUT2D eigenvalue weighted by atomic mass is 9.98. The zero-order valence-corrected chi connectivity index (χ0v) is 18.5. The predicted molar refractivity (Wildman–Crippen MR) is 120 cm³/mol. The minimum Gasteiger partial charge on any atom is -0.463 e. The van der Waals surface area contributed by atoms with Crippen molar-refractivity contribution < 1.29 is 19.1 Å². The van der Waals surface area contributed by atoms with Crippen molar-refractivity contribution in [2.75, 3.05) is 13.2 Å². The Morgan fingerprint density at radius 1 is 1.00 bits per heavy atom. The zero-order valence-electron chi connectivity index (χ0n) is 18.5. The predicted octanol–water partition coefficient (Wildman–Crippen LogP) is 5.03. The van der Waals surface area contributed by atoms with Crippen LogP contribution in [-0.4, -0.2) is 41.8 Å². The van der Waals surface area contributed by atoms with Crippen LogP contribution in [0.1, 0.15) is 56.6 Å². The lowest BCUT2D eigenvalue weighted by Gasteiger charge is -2.15. The van der Waals surface area contributed by atoms with Crippen LogP contribution in [0.3, 0.4) is 0 Å². The number of benzene rings is 2. The number of ether oxygens (including phenoxy) is 2. The third-order valence-electron chi connectivity index (χ3n) is 6.48. The van der Waals surface area contributed by atoms with Crippen molar-refractivity contribution in [3.63, 3.8) is 0 Å². The Kier molecular flexibility index (Phi) is 6.18. The second kappa shape index (κ2) is 9.04. The number of hydrogen-bond acceptors (Lipinski definition) is 5. The number of carbonyl (C=O) groups excluding carboxylic acids is 2. The molecule has 2 atom stereocenters. The molecule has 1 amide bonds. The van der Waals surface area contributed by atoms with Crippen molar-refractivity contribution in [3.8, 4) is 17.2 Å². The van der Waals surface area contributed by atoms with Crippen LogP contribution in [0.5, 0.6) is 0 Å². The van der Waals surface area contributed by atoms with Gasteiger partial charge in [0.2, 0.25) is 0 Å². The highest BCUT2D eigenvalue weighted by atomic mass is 16.6. The van der Waals surface area contributed by atoms with Crippen LogP contribution in [0.25, 0.3) is 11.1 Å². The standard InChI is InChI=1S/C26H28N2O4/c1-3-5-6-15-23-26(17-27,24(29)31-4-2)28(23)25(30)32-16-22-20-13-9-7-11-18(20)19-12-8-10-14-21(19)22/h7-14,22-23H,3-6,15-16H2,1-2H3/t23-,26+,28?/m1/s1. The number of unbranched alkanes of at least 4 members (excludes halogenated alkanes) is 2. The van der Waals surface area contributed by atoms with Gasteiger partial charge in [-0.2, -0.15) is 5.26 Å². The van der Waals surface area contributed by atoms with Crippen LogP contribution in [-0.2, 0) is 14.3 Å². The van der Waals surface area contributed by atoms with E-state index < -0.39 is 23.6 Å². The first-order valence-electron chi connectivity index (χ1n) is 11.3. The van der Waals surface area contributed by atoms with Crippen molar-refractivity contribution in [2.24, 2.45) is 0 Å². The molecule has 0 saturated carbocycles. The molecule has 6 heteroatoms. The number of nitriles is 1. The quantitative estimate of drug-likeness (QED) is 0.332. The molecule has 166 valence electrons. The van der Waals surface area contributed by atoms with Gasteiger partial charge in [-0.3, -0.25) is 4.90 Å². The van der Waals surface area contributed by atoms with E-state index in [0.29, 0.717) is 6.42 Å². The molecule has 1 saturated heterocycles. The van der Waals surface area contributed by atoms with Gasteiger partial charge in [0.15, 0.2) is 0 Å². The maximum absolute atomic E-state index is 13.1. The van der Waals surface area contributed by atoms with Crippen LogP contribution in [0.15, 0.2) is 48.5 Å². The van der Waals surface area contributed by atoms with Gasteiger partial charge < -0.3 is 9.47 Å². The molecule has 0 aromatic heterocycles. The Morgan fingerprint density at radius 2 is 1.62 bits per heavy atom. The Balaban J connectivity index is 1.52. The summed E-state index contributed by atoms with van der Waals surface area (Å²) in [4.78, 5) is 26.9. The zero-order chi connectivity index (χ0) is 22.7. The van der Waals surface area contributed by atoms with Crippen molar-refractivity contribution in [1.29, 1.82) is 5.26 Å². The first-order chi connectivity index (χ1) is 15.6. The molecule has 32 heavy (non-hydrogen) atoms. The van der Waals surface area contributed by atoms with Gasteiger partial charge >= 0.3 is 12.1 Å². The Bertz CT molecular complexity index is 1010. The van der Waals surface area contributed by atoms with Crippen LogP contribution < -0.4 is 0 Å². The molecule has 0 radical (unpaired) electrons. The maximum atomic E-state index is 13.1. The Labute approximate surface area is 188 Å². The molecule has 1 heterocycles. The Morgan fingerprint density at radius 3 is 2.19 bits per heavy atom. The van der Waals surface area contributed by atoms with E-state index >= 15 is 0 Å². The largest absolute Gasteiger partial charge is 0.463 e. The van der Waals surface area contributed by atoms with E-state index in [1.807, 2.05) is 24.3 Å². The van der Waals surface area contributed by atoms with Gasteiger partial charge in [-0.15, -0.1) is 0 Å². The highest BCUT2D eigenvalue weighted by molar-refractivity contribution is 5.96. The molecule has 0 bridgehead atoms. The smallest absolute Gasteiger partial charge is 0.412 e. The molecule has 2 aromatic rings. The van der Waals surface area contributed by atoms with E-state index in [0.717, 1.165) is 41.5 Å². The van der Waals surface area contributed by atoms with E-state index in [1.165, 1.54) is 4.90 Å². The van der Waals surface area contributed by atoms with Gasteiger partial charge in [-0.25, -0.2) is 9.59 Å². The molecule has 2 aromatic carbocycles. The fraction of sp³-hybridized carbons (Fsp3) is 0.423. The first-order valence-corrected chi connectivity index (χ1v) is 11.3. The highest BCUT2D eigenvalue weighted by Gasteiger charge is 2.73. The summed E-state index contributed by atoms with van der Waals surface area (Å²) in [5, 5.41) is 9.84. The molecule has 1 fully saturated rings. The summed E-state index contributed by atoms with van der Waals surface area (Å²) in [7, 11) is 0. The number of nitrogens with zero attached hydrogens (tertiary/aromatic N) is 2. The molecule has 6 nitrogen and oxygen atoms in total. The summed E-state index contributed by atoms with van der Waals surface area (Å²) in [6.45, 7) is 4.08. The van der Waals surface area contributed by atoms with Gasteiger partial charge in [0.25, 0.3) is 5.54 Å². The third kappa shape index (κ3) is 3.52. The lowest BCUT2D eigenvalue weighted by Crippen LogP contribution is -2.33. The average molecular weight is 433 g/mol. The summed E-state index contributed by atoms with van der Waals surface area (Å²) in [5.74, 6) is -0.749. The minimum absolute atomic E-state index is 0.0797.